The number of benzene rings is 2. The molecular formula is C17H15NO2Zr. The molecule has 0 saturated heterocycles. The number of aromatic nitrogens is 1. The van der Waals surface area contributed by atoms with Gasteiger partial charge in [0, 0.05) is 12.4 Å². The Labute approximate surface area is 144 Å². The van der Waals surface area contributed by atoms with Gasteiger partial charge in [-0.2, -0.15) is 0 Å². The molecule has 0 atom stereocenters. The summed E-state index contributed by atoms with van der Waals surface area (Å²) in [7, 11) is 0. The van der Waals surface area contributed by atoms with E-state index in [2.05, 4.69) is 4.98 Å². The average molecular weight is 357 g/mol. The van der Waals surface area contributed by atoms with E-state index < -0.39 is 0 Å². The van der Waals surface area contributed by atoms with Gasteiger partial charge in [-0.3, -0.25) is 4.98 Å². The second-order valence-corrected chi connectivity index (χ2v) is 3.65. The molecule has 0 amide bonds. The number of para-hydroxylation sites is 2. The average Bonchev–Trinajstić information content (AvgIpc) is 2.52. The van der Waals surface area contributed by atoms with Gasteiger partial charge in [-0.25, -0.2) is 0 Å². The van der Waals surface area contributed by atoms with Crippen LogP contribution in [0.3, 0.4) is 0 Å². The first kappa shape index (κ1) is 19.1. The van der Waals surface area contributed by atoms with Crippen molar-refractivity contribution in [1.82, 2.24) is 4.98 Å². The predicted molar refractivity (Wildman–Crippen MR) is 76.0 cm³/mol. The third kappa shape index (κ3) is 11.6. The van der Waals surface area contributed by atoms with Gasteiger partial charge in [0.05, 0.1) is 0 Å². The Morgan fingerprint density at radius 3 is 1.00 bits per heavy atom. The second-order valence-electron chi connectivity index (χ2n) is 3.65. The molecule has 0 aliphatic heterocycles. The van der Waals surface area contributed by atoms with Crippen LogP contribution in [0.2, 0.25) is 0 Å². The van der Waals surface area contributed by atoms with Gasteiger partial charge < -0.3 is 10.2 Å². The molecule has 0 unspecified atom stereocenters. The van der Waals surface area contributed by atoms with E-state index in [9.17, 15) is 10.2 Å². The Bertz CT molecular complexity index is 483. The fourth-order valence-corrected chi connectivity index (χ4v) is 1.15. The summed E-state index contributed by atoms with van der Waals surface area (Å²) in [5.74, 6) is 0.144. The zero-order chi connectivity index (χ0) is 14.5. The van der Waals surface area contributed by atoms with Crippen molar-refractivity contribution in [1.29, 1.82) is 0 Å². The molecule has 3 nitrogen and oxygen atoms in total. The summed E-state index contributed by atoms with van der Waals surface area (Å²) < 4.78 is 0. The Morgan fingerprint density at radius 2 is 0.857 bits per heavy atom. The van der Waals surface area contributed by atoms with Gasteiger partial charge in [0.25, 0.3) is 0 Å². The fraction of sp³-hybridized carbons (Fsp3) is 0. The van der Waals surface area contributed by atoms with E-state index in [1.54, 1.807) is 36.7 Å². The van der Waals surface area contributed by atoms with E-state index in [0.717, 1.165) is 0 Å². The maximum Gasteiger partial charge on any atom is 2.00 e. The first-order valence-electron chi connectivity index (χ1n) is 6.08. The quantitative estimate of drug-likeness (QED) is 0.622. The van der Waals surface area contributed by atoms with E-state index in [0.29, 0.717) is 0 Å². The third-order valence-corrected chi connectivity index (χ3v) is 2.05. The molecule has 0 bridgehead atoms. The van der Waals surface area contributed by atoms with Crippen molar-refractivity contribution in [2.75, 3.05) is 0 Å². The summed E-state index contributed by atoms with van der Waals surface area (Å²) in [4.78, 5) is 3.78. The van der Waals surface area contributed by atoms with Crippen LogP contribution >= 0.6 is 0 Å². The normalized spacial score (nSPS) is 8.00. The molecule has 3 aromatic rings. The third-order valence-electron chi connectivity index (χ3n) is 2.05. The van der Waals surface area contributed by atoms with Crippen molar-refractivity contribution in [2.24, 2.45) is 0 Å². The minimum atomic E-state index is 0. The van der Waals surface area contributed by atoms with Crippen LogP contribution in [0.5, 0.6) is 11.5 Å². The van der Waals surface area contributed by atoms with Gasteiger partial charge in [-0.05, 0) is 12.1 Å². The summed E-state index contributed by atoms with van der Waals surface area (Å²) in [5.41, 5.74) is 0. The molecule has 21 heavy (non-hydrogen) atoms. The van der Waals surface area contributed by atoms with Gasteiger partial charge in [0.15, 0.2) is 0 Å². The molecule has 3 rings (SSSR count). The van der Waals surface area contributed by atoms with Crippen molar-refractivity contribution >= 4 is 0 Å². The predicted octanol–water partition coefficient (Wildman–Crippen LogP) is 2.60. The molecular weight excluding hydrogens is 341 g/mol. The number of hydrogen-bond donors (Lipinski definition) is 0. The molecule has 2 aromatic carbocycles. The summed E-state index contributed by atoms with van der Waals surface area (Å²) >= 11 is 0. The van der Waals surface area contributed by atoms with Crippen molar-refractivity contribution in [2.45, 2.75) is 0 Å². The zero-order valence-corrected chi connectivity index (χ0v) is 13.9. The van der Waals surface area contributed by atoms with Crippen LogP contribution in [-0.4, -0.2) is 4.98 Å². The van der Waals surface area contributed by atoms with Crippen LogP contribution < -0.4 is 10.2 Å². The molecule has 0 aliphatic carbocycles. The van der Waals surface area contributed by atoms with Crippen LogP contribution in [0.1, 0.15) is 0 Å². The van der Waals surface area contributed by atoms with Gasteiger partial charge in [-0.15, -0.1) is 11.5 Å². The monoisotopic (exact) mass is 355 g/mol. The molecule has 0 spiro atoms. The molecule has 0 fully saturated rings. The van der Waals surface area contributed by atoms with Crippen molar-refractivity contribution < 1.29 is 36.4 Å². The standard InChI is InChI=1S/2C6H6O.C5H5N.Zr/c2*7-6-4-2-1-3-5-6;1-2-4-6-5-3-1;/h2*1-5,7H;1-5H;/q;;;+2/p-2. The molecule has 0 saturated carbocycles. The molecule has 0 N–H and O–H groups in total. The Morgan fingerprint density at radius 1 is 0.524 bits per heavy atom. The van der Waals surface area contributed by atoms with Crippen LogP contribution in [0.25, 0.3) is 0 Å². The van der Waals surface area contributed by atoms with Crippen molar-refractivity contribution in [3.05, 3.63) is 91.3 Å². The molecule has 0 aliphatic rings. The SMILES string of the molecule is [O-]c1ccccc1.[O-]c1ccccc1.[Zr+2].c1ccncc1. The summed E-state index contributed by atoms with van der Waals surface area (Å²) in [6, 6.07) is 22.4. The summed E-state index contributed by atoms with van der Waals surface area (Å²) in [6.07, 6.45) is 3.50. The largest absolute Gasteiger partial charge is 2.00 e. The van der Waals surface area contributed by atoms with Crippen molar-refractivity contribution in [3.63, 3.8) is 0 Å². The van der Waals surface area contributed by atoms with Gasteiger partial charge >= 0.3 is 26.2 Å². The first-order valence-corrected chi connectivity index (χ1v) is 6.08. The van der Waals surface area contributed by atoms with Crippen LogP contribution in [-0.2, 0) is 26.2 Å². The Kier molecular flexibility index (Phi) is 11.9. The molecule has 4 heteroatoms. The number of nitrogens with zero attached hydrogens (tertiary/aromatic N) is 1. The maximum absolute atomic E-state index is 10.3. The number of pyridine rings is 1. The van der Waals surface area contributed by atoms with Crippen molar-refractivity contribution in [3.8, 4) is 11.5 Å². The Hall–Kier alpha value is -1.93. The molecule has 0 radical (unpaired) electrons. The maximum atomic E-state index is 10.3. The van der Waals surface area contributed by atoms with Gasteiger partial charge in [0.2, 0.25) is 0 Å². The van der Waals surface area contributed by atoms with Gasteiger partial charge in [0.1, 0.15) is 0 Å². The number of rotatable bonds is 0. The van der Waals surface area contributed by atoms with E-state index in [-0.39, 0.29) is 37.7 Å². The van der Waals surface area contributed by atoms with E-state index in [1.807, 2.05) is 30.3 Å². The van der Waals surface area contributed by atoms with Crippen LogP contribution in [0.4, 0.5) is 0 Å². The van der Waals surface area contributed by atoms with E-state index in [1.165, 1.54) is 24.3 Å². The zero-order valence-electron chi connectivity index (χ0n) is 11.4. The smallest absolute Gasteiger partial charge is 0.872 e. The number of hydrogen-bond acceptors (Lipinski definition) is 3. The van der Waals surface area contributed by atoms with Crippen LogP contribution in [0.15, 0.2) is 91.3 Å². The topological polar surface area (TPSA) is 59.0 Å². The molecule has 1 aromatic heterocycles. The first-order chi connectivity index (χ1) is 9.79. The van der Waals surface area contributed by atoms with E-state index in [4.69, 9.17) is 0 Å². The second kappa shape index (κ2) is 13.1. The van der Waals surface area contributed by atoms with E-state index >= 15 is 0 Å². The van der Waals surface area contributed by atoms with Gasteiger partial charge in [-0.1, -0.05) is 66.7 Å². The Balaban J connectivity index is 0.000000280. The molecule has 1 heterocycles. The molecule has 104 valence electrons. The van der Waals surface area contributed by atoms with Crippen LogP contribution in [0, 0.1) is 0 Å². The fourth-order valence-electron chi connectivity index (χ4n) is 1.15. The minimum Gasteiger partial charge on any atom is -0.872 e. The minimum absolute atomic E-state index is 0. The summed E-state index contributed by atoms with van der Waals surface area (Å²) in [5, 5.41) is 20.5. The summed E-state index contributed by atoms with van der Waals surface area (Å²) in [6.45, 7) is 0.